The predicted molar refractivity (Wildman–Crippen MR) is 104 cm³/mol. The highest BCUT2D eigenvalue weighted by Crippen LogP contribution is 2.34. The van der Waals surface area contributed by atoms with Crippen molar-refractivity contribution in [3.8, 4) is 0 Å². The smallest absolute Gasteiger partial charge is 0.0805 e. The van der Waals surface area contributed by atoms with Gasteiger partial charge in [-0.2, -0.15) is 0 Å². The van der Waals surface area contributed by atoms with Crippen molar-refractivity contribution >= 4 is 28.2 Å². The van der Waals surface area contributed by atoms with Gasteiger partial charge in [-0.25, -0.2) is 0 Å². The molecule has 0 bridgehead atoms. The Hall–Kier alpha value is -2.78. The third kappa shape index (κ3) is 3.11. The summed E-state index contributed by atoms with van der Waals surface area (Å²) in [4.78, 5) is 7.80. The van der Waals surface area contributed by atoms with Gasteiger partial charge in [-0.05, 0) is 48.9 Å². The first-order valence-corrected chi connectivity index (χ1v) is 8.59. The van der Waals surface area contributed by atoms with Crippen LogP contribution in [0.15, 0.2) is 73.1 Å². The molecule has 0 saturated carbocycles. The number of hydrogen-bond donors (Lipinski definition) is 2. The van der Waals surface area contributed by atoms with E-state index in [-0.39, 0.29) is 6.04 Å². The Labute approximate surface area is 151 Å². The molecule has 0 radical (unpaired) electrons. The molecule has 4 aromatic rings. The van der Waals surface area contributed by atoms with E-state index < -0.39 is 0 Å². The number of rotatable bonds is 4. The molecule has 4 rings (SSSR count). The van der Waals surface area contributed by atoms with Gasteiger partial charge < -0.3 is 10.3 Å². The van der Waals surface area contributed by atoms with Crippen LogP contribution in [0.2, 0.25) is 5.02 Å². The van der Waals surface area contributed by atoms with Crippen molar-refractivity contribution in [1.82, 2.24) is 9.97 Å². The maximum Gasteiger partial charge on any atom is 0.0805 e. The molecule has 2 heterocycles. The van der Waals surface area contributed by atoms with Crippen molar-refractivity contribution in [2.75, 3.05) is 5.32 Å². The van der Waals surface area contributed by atoms with Gasteiger partial charge in [0.05, 0.1) is 6.04 Å². The molecule has 25 heavy (non-hydrogen) atoms. The number of fused-ring (bicyclic) bond motifs is 1. The quantitative estimate of drug-likeness (QED) is 0.495. The average molecular weight is 348 g/mol. The molecule has 4 heteroatoms. The summed E-state index contributed by atoms with van der Waals surface area (Å²) in [6.07, 6.45) is 3.71. The summed E-state index contributed by atoms with van der Waals surface area (Å²) < 4.78 is 0. The number of aromatic nitrogens is 2. The normalized spacial score (nSPS) is 12.2. The number of pyridine rings is 1. The van der Waals surface area contributed by atoms with Crippen molar-refractivity contribution in [2.45, 2.75) is 13.0 Å². The number of aromatic amines is 1. The number of benzene rings is 2. The third-order valence-corrected chi connectivity index (χ3v) is 4.66. The van der Waals surface area contributed by atoms with E-state index in [0.29, 0.717) is 0 Å². The number of nitrogens with one attached hydrogen (secondary N) is 2. The molecule has 2 N–H and O–H groups in total. The lowest BCUT2D eigenvalue weighted by Gasteiger charge is -2.21. The Balaban J connectivity index is 1.85. The minimum atomic E-state index is -0.00831. The molecule has 0 aliphatic rings. The van der Waals surface area contributed by atoms with Gasteiger partial charge in [0.25, 0.3) is 0 Å². The maximum absolute atomic E-state index is 6.03. The Morgan fingerprint density at radius 2 is 1.80 bits per heavy atom. The van der Waals surface area contributed by atoms with Crippen LogP contribution in [0.5, 0.6) is 0 Å². The molecule has 0 aliphatic heterocycles. The number of nitrogens with zero attached hydrogens (tertiary/aromatic N) is 1. The Morgan fingerprint density at radius 1 is 1.00 bits per heavy atom. The van der Waals surface area contributed by atoms with E-state index in [1.807, 2.05) is 42.6 Å². The zero-order chi connectivity index (χ0) is 17.2. The van der Waals surface area contributed by atoms with E-state index in [9.17, 15) is 0 Å². The fraction of sp³-hybridized carbons (Fsp3) is 0.0952. The van der Waals surface area contributed by atoms with Crippen molar-refractivity contribution in [3.05, 3.63) is 94.9 Å². The van der Waals surface area contributed by atoms with Crippen LogP contribution in [-0.2, 0) is 0 Å². The van der Waals surface area contributed by atoms with E-state index in [1.54, 1.807) is 6.20 Å². The Bertz CT molecular complexity index is 991. The minimum Gasteiger partial charge on any atom is -0.374 e. The second-order valence-electron chi connectivity index (χ2n) is 6.08. The van der Waals surface area contributed by atoms with Crippen LogP contribution >= 0.6 is 11.6 Å². The zero-order valence-electron chi connectivity index (χ0n) is 13.8. The van der Waals surface area contributed by atoms with Gasteiger partial charge in [-0.1, -0.05) is 35.9 Å². The summed E-state index contributed by atoms with van der Waals surface area (Å²) in [5.74, 6) is 0. The summed E-state index contributed by atoms with van der Waals surface area (Å²) in [6.45, 7) is 2.11. The number of aryl methyl sites for hydroxylation is 1. The minimum absolute atomic E-state index is 0.00831. The summed E-state index contributed by atoms with van der Waals surface area (Å²) in [7, 11) is 0. The molecule has 0 amide bonds. The topological polar surface area (TPSA) is 40.7 Å². The monoisotopic (exact) mass is 347 g/mol. The van der Waals surface area contributed by atoms with Crippen molar-refractivity contribution < 1.29 is 0 Å². The lowest BCUT2D eigenvalue weighted by Crippen LogP contribution is -2.13. The SMILES string of the molecule is Cc1[nH]c2ccccc2c1[C@H](Nc1ccc(Cl)cc1)c1cccnc1. The summed E-state index contributed by atoms with van der Waals surface area (Å²) >= 11 is 6.03. The van der Waals surface area contributed by atoms with E-state index in [4.69, 9.17) is 11.6 Å². The van der Waals surface area contributed by atoms with Crippen molar-refractivity contribution in [3.63, 3.8) is 0 Å². The standard InChI is InChI=1S/C21H18ClN3/c1-14-20(18-6-2-3-7-19(18)24-14)21(15-5-4-12-23-13-15)25-17-10-8-16(22)9-11-17/h2-13,21,24-25H,1H3/t21-/m1/s1. The van der Waals surface area contributed by atoms with Gasteiger partial charge in [0.2, 0.25) is 0 Å². The summed E-state index contributed by atoms with van der Waals surface area (Å²) in [6, 6.07) is 20.2. The van der Waals surface area contributed by atoms with Gasteiger partial charge in [-0.15, -0.1) is 0 Å². The van der Waals surface area contributed by atoms with E-state index in [1.165, 1.54) is 10.9 Å². The lowest BCUT2D eigenvalue weighted by atomic mass is 9.97. The highest BCUT2D eigenvalue weighted by atomic mass is 35.5. The second kappa shape index (κ2) is 6.61. The van der Waals surface area contributed by atoms with Crippen LogP contribution in [0, 0.1) is 6.92 Å². The molecule has 2 aromatic heterocycles. The highest BCUT2D eigenvalue weighted by Gasteiger charge is 2.21. The first-order chi connectivity index (χ1) is 12.2. The molecule has 124 valence electrons. The van der Waals surface area contributed by atoms with Crippen LogP contribution in [0.1, 0.15) is 22.9 Å². The molecule has 0 unspecified atom stereocenters. The van der Waals surface area contributed by atoms with Crippen molar-refractivity contribution in [1.29, 1.82) is 0 Å². The molecule has 2 aromatic carbocycles. The van der Waals surface area contributed by atoms with E-state index in [0.717, 1.165) is 27.5 Å². The fourth-order valence-electron chi connectivity index (χ4n) is 3.25. The van der Waals surface area contributed by atoms with Crippen LogP contribution in [0.25, 0.3) is 10.9 Å². The van der Waals surface area contributed by atoms with E-state index in [2.05, 4.69) is 46.5 Å². The van der Waals surface area contributed by atoms with Crippen LogP contribution < -0.4 is 5.32 Å². The average Bonchev–Trinajstić information content (AvgIpc) is 2.98. The van der Waals surface area contributed by atoms with Gasteiger partial charge >= 0.3 is 0 Å². The van der Waals surface area contributed by atoms with Gasteiger partial charge in [0.1, 0.15) is 0 Å². The first-order valence-electron chi connectivity index (χ1n) is 8.21. The van der Waals surface area contributed by atoms with Gasteiger partial charge in [-0.3, -0.25) is 4.98 Å². The fourth-order valence-corrected chi connectivity index (χ4v) is 3.38. The predicted octanol–water partition coefficient (Wildman–Crippen LogP) is 5.73. The molecule has 0 saturated heterocycles. The van der Waals surface area contributed by atoms with Crippen LogP contribution in [-0.4, -0.2) is 9.97 Å². The summed E-state index contributed by atoms with van der Waals surface area (Å²) in [5.41, 5.74) is 5.66. The molecular formula is C21H18ClN3. The molecule has 3 nitrogen and oxygen atoms in total. The second-order valence-corrected chi connectivity index (χ2v) is 6.52. The Kier molecular flexibility index (Phi) is 4.16. The first kappa shape index (κ1) is 15.7. The van der Waals surface area contributed by atoms with Crippen molar-refractivity contribution in [2.24, 2.45) is 0 Å². The third-order valence-electron chi connectivity index (χ3n) is 4.41. The van der Waals surface area contributed by atoms with Gasteiger partial charge in [0.15, 0.2) is 0 Å². The number of hydrogen-bond acceptors (Lipinski definition) is 2. The highest BCUT2D eigenvalue weighted by molar-refractivity contribution is 6.30. The molecule has 0 fully saturated rings. The maximum atomic E-state index is 6.03. The zero-order valence-corrected chi connectivity index (χ0v) is 14.6. The van der Waals surface area contributed by atoms with Gasteiger partial charge in [0, 0.05) is 45.3 Å². The molecular weight excluding hydrogens is 330 g/mol. The van der Waals surface area contributed by atoms with E-state index >= 15 is 0 Å². The lowest BCUT2D eigenvalue weighted by molar-refractivity contribution is 0.923. The summed E-state index contributed by atoms with van der Waals surface area (Å²) in [5, 5.41) is 5.59. The number of para-hydroxylation sites is 1. The molecule has 0 spiro atoms. The number of anilines is 1. The molecule has 1 atom stereocenters. The largest absolute Gasteiger partial charge is 0.374 e. The number of H-pyrrole nitrogens is 1. The number of halogens is 1. The molecule has 0 aliphatic carbocycles. The Morgan fingerprint density at radius 3 is 2.56 bits per heavy atom. The van der Waals surface area contributed by atoms with Crippen LogP contribution in [0.4, 0.5) is 5.69 Å². The van der Waals surface area contributed by atoms with Crippen LogP contribution in [0.3, 0.4) is 0 Å².